The molecule has 2 aliphatic heterocycles. The van der Waals surface area contributed by atoms with Gasteiger partial charge in [0.05, 0.1) is 12.2 Å². The molecule has 10 N–H and O–H groups in total. The van der Waals surface area contributed by atoms with Crippen molar-refractivity contribution in [1.29, 1.82) is 0 Å². The third kappa shape index (κ3) is 15.7. The summed E-state index contributed by atoms with van der Waals surface area (Å²) < 4.78 is 5.63. The van der Waals surface area contributed by atoms with Gasteiger partial charge in [0.2, 0.25) is 41.0 Å². The van der Waals surface area contributed by atoms with Crippen LogP contribution < -0.4 is 47.4 Å². The molecule has 31 nitrogen and oxygen atoms in total. The molecule has 494 valence electrons. The van der Waals surface area contributed by atoms with Crippen LogP contribution in [0.5, 0.6) is 5.75 Å². The van der Waals surface area contributed by atoms with Crippen LogP contribution in [0.3, 0.4) is 0 Å². The van der Waals surface area contributed by atoms with Crippen LogP contribution in [0.25, 0.3) is 21.7 Å². The van der Waals surface area contributed by atoms with Crippen LogP contribution >= 0.6 is 11.6 Å². The Bertz CT molecular complexity index is 4250. The fourth-order valence-corrected chi connectivity index (χ4v) is 11.6. The van der Waals surface area contributed by atoms with Crippen molar-refractivity contribution in [2.75, 3.05) is 123 Å². The number of nitrogens with zero attached hydrogens (tertiary/aromatic N) is 12. The Morgan fingerprint density at radius 3 is 1.65 bits per heavy atom. The standard InChI is InChI=1S/C62H74ClN21O10/c1-35(85)67-39-11-13-42-37(24-39)26-43(68-42)62(94)84-29-38(28-63)52-41-25-36(10-12-40(41)45(86)27-44(52)84)57(89)65-16-9-19-83-22-20-82(21-23-83)18-8-15-64-50(87)14-17-66-58(90)53-71-47(31-78(53)4)74-60(92)55-73-49(33-80(55)6)76-61(93)56-72-48(32-81(56)7)75-59(91)54-70-46(30-79(54)5)69-51(88)34-77(2)3/h10-13,24-27,30-33,38,68,86H,8-9,14-23,28-29,34H2,1-7H3,(H,64,87)(H,65,89)(H,66,90)(H,67,85)(H,69,88)(H,74,92)(H,75,91)(H,76,93). The van der Waals surface area contributed by atoms with E-state index in [1.165, 1.54) is 50.0 Å². The number of aryl methyl sites for hydroxylation is 4. The maximum absolute atomic E-state index is 14.1. The van der Waals surface area contributed by atoms with Gasteiger partial charge in [-0.05, 0) is 93.4 Å². The molecule has 32 heteroatoms. The lowest BCUT2D eigenvalue weighted by Crippen LogP contribution is -2.47. The second-order valence-corrected chi connectivity index (χ2v) is 23.7. The maximum atomic E-state index is 14.1. The van der Waals surface area contributed by atoms with Crippen molar-refractivity contribution < 1.29 is 48.3 Å². The molecule has 7 heterocycles. The Morgan fingerprint density at radius 2 is 1.12 bits per heavy atom. The van der Waals surface area contributed by atoms with Crippen molar-refractivity contribution in [3.8, 4) is 5.75 Å². The van der Waals surface area contributed by atoms with E-state index >= 15 is 0 Å². The number of amides is 9. The number of rotatable bonds is 25. The van der Waals surface area contributed by atoms with Gasteiger partial charge in [0.25, 0.3) is 35.4 Å². The summed E-state index contributed by atoms with van der Waals surface area (Å²) in [6.45, 7) is 7.83. The summed E-state index contributed by atoms with van der Waals surface area (Å²) in [5.41, 5.74) is 3.40. The van der Waals surface area contributed by atoms with Crippen molar-refractivity contribution in [3.63, 3.8) is 0 Å². The minimum absolute atomic E-state index is 0.0157. The van der Waals surface area contributed by atoms with Crippen molar-refractivity contribution in [2.24, 2.45) is 28.2 Å². The van der Waals surface area contributed by atoms with E-state index in [0.717, 1.165) is 68.6 Å². The fourth-order valence-electron chi connectivity index (χ4n) is 11.4. The molecule has 1 saturated heterocycles. The number of piperazine rings is 1. The number of halogens is 1. The zero-order valence-electron chi connectivity index (χ0n) is 53.0. The molecule has 1 fully saturated rings. The van der Waals surface area contributed by atoms with Crippen molar-refractivity contribution in [1.82, 2.24) is 73.8 Å². The lowest BCUT2D eigenvalue weighted by molar-refractivity contribution is -0.121. The summed E-state index contributed by atoms with van der Waals surface area (Å²) in [5.74, 6) is -3.86. The molecule has 9 amide bonds. The zero-order valence-corrected chi connectivity index (χ0v) is 53.7. The van der Waals surface area contributed by atoms with Crippen LogP contribution in [0, 0.1) is 0 Å². The molecule has 0 spiro atoms. The Labute approximate surface area is 544 Å². The Hall–Kier alpha value is -10.5. The summed E-state index contributed by atoms with van der Waals surface area (Å²) in [7, 11) is 9.75. The molecule has 1 atom stereocenters. The first-order valence-corrected chi connectivity index (χ1v) is 30.9. The number of aromatic amines is 1. The number of hydrogen-bond donors (Lipinski definition) is 10. The van der Waals surface area contributed by atoms with Gasteiger partial charge in [-0.25, -0.2) is 19.9 Å². The summed E-state index contributed by atoms with van der Waals surface area (Å²) in [4.78, 5) is 145. The first-order valence-electron chi connectivity index (χ1n) is 30.4. The Morgan fingerprint density at radius 1 is 0.596 bits per heavy atom. The molecule has 3 aromatic carbocycles. The van der Waals surface area contributed by atoms with Crippen molar-refractivity contribution in [3.05, 3.63) is 113 Å². The number of hydrogen-bond acceptors (Lipinski definition) is 17. The quantitative estimate of drug-likeness (QED) is 0.0290. The van der Waals surface area contributed by atoms with Crippen LogP contribution in [-0.4, -0.2) is 208 Å². The maximum Gasteiger partial charge on any atom is 0.292 e. The molecule has 8 aromatic rings. The number of imidazole rings is 4. The van der Waals surface area contributed by atoms with Gasteiger partial charge < -0.3 is 90.5 Å². The van der Waals surface area contributed by atoms with E-state index in [1.807, 2.05) is 0 Å². The predicted octanol–water partition coefficient (Wildman–Crippen LogP) is 3.22. The van der Waals surface area contributed by atoms with Gasteiger partial charge in [-0.2, -0.15) is 0 Å². The second-order valence-electron chi connectivity index (χ2n) is 23.4. The third-order valence-corrected chi connectivity index (χ3v) is 16.3. The molecule has 0 radical (unpaired) electrons. The first kappa shape index (κ1) is 66.4. The molecular formula is C62H74ClN21O10. The second kappa shape index (κ2) is 29.0. The number of alkyl halides is 1. The highest BCUT2D eigenvalue weighted by Crippen LogP contribution is 2.46. The molecule has 10 rings (SSSR count). The molecule has 2 aliphatic rings. The fraction of sp³-hybridized carbons (Fsp3) is 0.371. The van der Waals surface area contributed by atoms with Crippen molar-refractivity contribution >= 4 is 121 Å². The highest BCUT2D eigenvalue weighted by atomic mass is 35.5. The van der Waals surface area contributed by atoms with Gasteiger partial charge in [-0.15, -0.1) is 11.6 Å². The van der Waals surface area contributed by atoms with Gasteiger partial charge in [0.15, 0.2) is 23.3 Å². The van der Waals surface area contributed by atoms with Gasteiger partial charge in [-0.1, -0.05) is 0 Å². The number of H-pyrrole nitrogens is 1. The average Bonchev–Trinajstić information content (AvgIpc) is 1.77. The predicted molar refractivity (Wildman–Crippen MR) is 352 cm³/mol. The van der Waals surface area contributed by atoms with E-state index in [0.29, 0.717) is 46.5 Å². The summed E-state index contributed by atoms with van der Waals surface area (Å²) >= 11 is 6.53. The lowest BCUT2D eigenvalue weighted by atomic mass is 9.94. The van der Waals surface area contributed by atoms with E-state index in [1.54, 1.807) is 101 Å². The monoisotopic (exact) mass is 1310 g/mol. The lowest BCUT2D eigenvalue weighted by Gasteiger charge is -2.34. The molecular weight excluding hydrogens is 1230 g/mol. The number of anilines is 6. The van der Waals surface area contributed by atoms with E-state index in [4.69, 9.17) is 11.6 Å². The van der Waals surface area contributed by atoms with Crippen LogP contribution in [0.1, 0.15) is 101 Å². The minimum Gasteiger partial charge on any atom is -0.507 e. The largest absolute Gasteiger partial charge is 0.507 e. The third-order valence-electron chi connectivity index (χ3n) is 15.9. The molecule has 0 saturated carbocycles. The number of aromatic nitrogens is 9. The number of carbonyl (C=O) groups excluding carboxylic acids is 9. The molecule has 5 aromatic heterocycles. The molecule has 0 aliphatic carbocycles. The number of carbonyl (C=O) groups is 9. The molecule has 1 unspecified atom stereocenters. The normalized spacial score (nSPS) is 14.1. The van der Waals surface area contributed by atoms with E-state index in [2.05, 4.69) is 77.3 Å². The number of benzene rings is 3. The minimum atomic E-state index is -0.693. The molecule has 94 heavy (non-hydrogen) atoms. The average molecular weight is 1310 g/mol. The number of likely N-dealkylation sites (N-methyl/N-ethyl adjacent to an activating group) is 1. The first-order chi connectivity index (χ1) is 45.0. The van der Waals surface area contributed by atoms with Gasteiger partial charge in [0.1, 0.15) is 11.4 Å². The zero-order chi connectivity index (χ0) is 67.1. The topological polar surface area (TPSA) is 370 Å². The number of phenols is 1. The van der Waals surface area contributed by atoms with Gasteiger partial charge in [0, 0.05) is 164 Å². The van der Waals surface area contributed by atoms with Crippen molar-refractivity contribution in [2.45, 2.75) is 32.1 Å². The van der Waals surface area contributed by atoms with Crippen LogP contribution in [0.4, 0.5) is 34.6 Å². The van der Waals surface area contributed by atoms with E-state index in [-0.39, 0.29) is 120 Å². The SMILES string of the molecule is CC(=O)Nc1ccc2[nH]c(C(=O)N3CC(CCl)c4c3cc(O)c3ccc(C(=O)NCCCN5CCN(CCCNC(=O)CCNC(=O)c6nc(NC(=O)c7nc(NC(=O)c8nc(NC(=O)c9nc(NC(=O)CN(C)C)cn9C)cn8C)cn7C)cn6C)CC5)cc43)cc2c1. The highest BCUT2D eigenvalue weighted by molar-refractivity contribution is 6.19. The number of fused-ring (bicyclic) bond motifs is 4. The Balaban J connectivity index is 0.600. The van der Waals surface area contributed by atoms with E-state index in [9.17, 15) is 48.3 Å². The van der Waals surface area contributed by atoms with Crippen LogP contribution in [0.15, 0.2) is 73.3 Å². The summed E-state index contributed by atoms with van der Waals surface area (Å²) in [6.07, 6.45) is 7.28. The molecule has 0 bridgehead atoms. The summed E-state index contributed by atoms with van der Waals surface area (Å²) in [6, 6.07) is 13.8. The van der Waals surface area contributed by atoms with E-state index < -0.39 is 23.6 Å². The number of phenolic OH excluding ortho intramolecular Hbond substituents is 1. The van der Waals surface area contributed by atoms with Gasteiger partial charge in [-0.3, -0.25) is 43.2 Å². The van der Waals surface area contributed by atoms with Gasteiger partial charge >= 0.3 is 0 Å². The number of aromatic hydroxyl groups is 1. The number of nitrogens with one attached hydrogen (secondary N) is 9. The highest BCUT2D eigenvalue weighted by Gasteiger charge is 2.36. The van der Waals surface area contributed by atoms with Crippen LogP contribution in [-0.2, 0) is 42.6 Å². The smallest absolute Gasteiger partial charge is 0.292 e. The summed E-state index contributed by atoms with van der Waals surface area (Å²) in [5, 5.41) is 35.0. The Kier molecular flexibility index (Phi) is 20.5. The van der Waals surface area contributed by atoms with Crippen LogP contribution in [0.2, 0.25) is 0 Å².